The Morgan fingerprint density at radius 1 is 1.15 bits per heavy atom. The van der Waals surface area contributed by atoms with Crippen molar-refractivity contribution in [2.45, 2.75) is 19.5 Å². The molecule has 0 saturated carbocycles. The van der Waals surface area contributed by atoms with Gasteiger partial charge in [-0.25, -0.2) is 9.59 Å². The van der Waals surface area contributed by atoms with E-state index in [1.54, 1.807) is 12.1 Å². The molecule has 0 saturated heterocycles. The highest BCUT2D eigenvalue weighted by molar-refractivity contribution is 5.98. The van der Waals surface area contributed by atoms with Crippen LogP contribution in [0.2, 0.25) is 0 Å². The molecule has 172 valence electrons. The van der Waals surface area contributed by atoms with Gasteiger partial charge in [0.25, 0.3) is 0 Å². The summed E-state index contributed by atoms with van der Waals surface area (Å²) in [6.07, 6.45) is 0. The number of para-hydroxylation sites is 1. The summed E-state index contributed by atoms with van der Waals surface area (Å²) in [6, 6.07) is 11.8. The van der Waals surface area contributed by atoms with Crippen LogP contribution in [-0.2, 0) is 20.9 Å². The number of methoxy groups -OCH3 is 2. The minimum absolute atomic E-state index is 0.0546. The van der Waals surface area contributed by atoms with Crippen LogP contribution in [0.25, 0.3) is 0 Å². The van der Waals surface area contributed by atoms with Gasteiger partial charge >= 0.3 is 12.0 Å². The molecule has 9 heteroatoms. The average Bonchev–Trinajstić information content (AvgIpc) is 3.21. The number of cyclic esters (lactones) is 1. The molecule has 0 fully saturated rings. The SMILES string of the molecule is COc1cccc(CNC(=O)CN2C(=O)N[C@H](c3ccc(C)cc3)C3=C2COC3=O)c1OC. The summed E-state index contributed by atoms with van der Waals surface area (Å²) in [4.78, 5) is 39.3. The quantitative estimate of drug-likeness (QED) is 0.626. The molecule has 1 atom stereocenters. The maximum atomic E-state index is 12.9. The van der Waals surface area contributed by atoms with Crippen LogP contribution < -0.4 is 20.1 Å². The van der Waals surface area contributed by atoms with E-state index in [0.717, 1.165) is 16.7 Å². The zero-order valence-corrected chi connectivity index (χ0v) is 18.6. The fourth-order valence-corrected chi connectivity index (χ4v) is 3.97. The first-order chi connectivity index (χ1) is 15.9. The maximum absolute atomic E-state index is 12.9. The van der Waals surface area contributed by atoms with E-state index in [2.05, 4.69) is 10.6 Å². The number of urea groups is 1. The molecule has 33 heavy (non-hydrogen) atoms. The van der Waals surface area contributed by atoms with Crippen LogP contribution in [0.5, 0.6) is 11.5 Å². The van der Waals surface area contributed by atoms with Gasteiger partial charge in [0.15, 0.2) is 11.5 Å². The van der Waals surface area contributed by atoms with Crippen molar-refractivity contribution in [3.63, 3.8) is 0 Å². The lowest BCUT2D eigenvalue weighted by Crippen LogP contribution is -2.50. The van der Waals surface area contributed by atoms with Gasteiger partial charge in [0.05, 0.1) is 31.5 Å². The van der Waals surface area contributed by atoms with Crippen molar-refractivity contribution >= 4 is 17.9 Å². The highest BCUT2D eigenvalue weighted by Gasteiger charge is 2.42. The molecule has 4 rings (SSSR count). The molecule has 2 aromatic rings. The van der Waals surface area contributed by atoms with Crippen molar-refractivity contribution in [2.75, 3.05) is 27.4 Å². The van der Waals surface area contributed by atoms with Gasteiger partial charge in [-0.05, 0) is 18.6 Å². The summed E-state index contributed by atoms with van der Waals surface area (Å²) in [5.74, 6) is 0.187. The predicted molar refractivity (Wildman–Crippen MR) is 119 cm³/mol. The smallest absolute Gasteiger partial charge is 0.338 e. The Bertz CT molecular complexity index is 1130. The fourth-order valence-electron chi connectivity index (χ4n) is 3.97. The van der Waals surface area contributed by atoms with Gasteiger partial charge in [-0.2, -0.15) is 0 Å². The summed E-state index contributed by atoms with van der Waals surface area (Å²) in [5, 5.41) is 5.62. The highest BCUT2D eigenvalue weighted by Crippen LogP contribution is 2.35. The Balaban J connectivity index is 1.51. The predicted octanol–water partition coefficient (Wildman–Crippen LogP) is 2.21. The zero-order valence-electron chi connectivity index (χ0n) is 18.6. The van der Waals surface area contributed by atoms with Crippen molar-refractivity contribution in [1.29, 1.82) is 0 Å². The number of nitrogens with one attached hydrogen (secondary N) is 2. The molecule has 2 heterocycles. The van der Waals surface area contributed by atoms with E-state index < -0.39 is 23.9 Å². The van der Waals surface area contributed by atoms with E-state index in [4.69, 9.17) is 14.2 Å². The number of ether oxygens (including phenoxy) is 3. The minimum atomic E-state index is -0.622. The van der Waals surface area contributed by atoms with Crippen LogP contribution >= 0.6 is 0 Å². The van der Waals surface area contributed by atoms with E-state index in [0.29, 0.717) is 22.8 Å². The number of aryl methyl sites for hydroxylation is 1. The first-order valence-electron chi connectivity index (χ1n) is 10.4. The van der Waals surface area contributed by atoms with Crippen LogP contribution in [0, 0.1) is 6.92 Å². The zero-order chi connectivity index (χ0) is 23.5. The number of hydrogen-bond acceptors (Lipinski definition) is 6. The second-order valence-electron chi connectivity index (χ2n) is 7.75. The first-order valence-corrected chi connectivity index (χ1v) is 10.4. The third-order valence-electron chi connectivity index (χ3n) is 5.67. The minimum Gasteiger partial charge on any atom is -0.493 e. The molecule has 0 spiro atoms. The lowest BCUT2D eigenvalue weighted by atomic mass is 9.95. The highest BCUT2D eigenvalue weighted by atomic mass is 16.5. The standard InChI is InChI=1S/C24H25N3O6/c1-14-7-9-15(10-8-14)21-20-17(13-33-23(20)29)27(24(30)26-21)12-19(28)25-11-16-5-4-6-18(31-2)22(16)32-3/h4-10,21H,11-13H2,1-3H3,(H,25,28)(H,26,30)/t21-/m1/s1. The van der Waals surface area contributed by atoms with Crippen molar-refractivity contribution in [1.82, 2.24) is 15.5 Å². The second-order valence-corrected chi connectivity index (χ2v) is 7.75. The number of carbonyl (C=O) groups excluding carboxylic acids is 3. The van der Waals surface area contributed by atoms with Gasteiger partial charge < -0.3 is 24.8 Å². The molecular formula is C24H25N3O6. The topological polar surface area (TPSA) is 106 Å². The summed E-state index contributed by atoms with van der Waals surface area (Å²) < 4.78 is 15.9. The lowest BCUT2D eigenvalue weighted by molar-refractivity contribution is -0.136. The Kier molecular flexibility index (Phi) is 6.21. The number of benzene rings is 2. The number of rotatable bonds is 7. The summed E-state index contributed by atoms with van der Waals surface area (Å²) in [6.45, 7) is 1.83. The monoisotopic (exact) mass is 451 g/mol. The molecule has 3 amide bonds. The molecule has 9 nitrogen and oxygen atoms in total. The molecule has 0 aliphatic carbocycles. The van der Waals surface area contributed by atoms with Gasteiger partial charge in [-0.3, -0.25) is 9.69 Å². The Labute approximate surface area is 191 Å². The number of nitrogens with zero attached hydrogens (tertiary/aromatic N) is 1. The number of carbonyl (C=O) groups is 3. The molecule has 2 N–H and O–H groups in total. The van der Waals surface area contributed by atoms with Crippen LogP contribution in [0.1, 0.15) is 22.7 Å². The van der Waals surface area contributed by atoms with Crippen molar-refractivity contribution in [3.05, 3.63) is 70.4 Å². The van der Waals surface area contributed by atoms with Gasteiger partial charge in [-0.1, -0.05) is 42.0 Å². The summed E-state index contributed by atoms with van der Waals surface area (Å²) in [7, 11) is 3.06. The molecule has 0 radical (unpaired) electrons. The number of esters is 1. The van der Waals surface area contributed by atoms with Crippen LogP contribution in [0.15, 0.2) is 53.7 Å². The molecular weight excluding hydrogens is 426 g/mol. The number of hydrogen-bond donors (Lipinski definition) is 2. The van der Waals surface area contributed by atoms with E-state index in [-0.39, 0.29) is 19.7 Å². The lowest BCUT2D eigenvalue weighted by Gasteiger charge is -2.32. The third kappa shape index (κ3) is 4.34. The number of amides is 3. The van der Waals surface area contributed by atoms with E-state index in [1.165, 1.54) is 19.1 Å². The Hall–Kier alpha value is -4.01. The second kappa shape index (κ2) is 9.23. The normalized spacial score (nSPS) is 17.3. The third-order valence-corrected chi connectivity index (χ3v) is 5.67. The molecule has 0 bridgehead atoms. The molecule has 2 aliphatic rings. The largest absolute Gasteiger partial charge is 0.493 e. The Morgan fingerprint density at radius 2 is 1.91 bits per heavy atom. The van der Waals surface area contributed by atoms with Crippen LogP contribution in [-0.4, -0.2) is 50.2 Å². The molecule has 2 aromatic carbocycles. The van der Waals surface area contributed by atoms with Crippen molar-refractivity contribution < 1.29 is 28.6 Å². The van der Waals surface area contributed by atoms with E-state index in [9.17, 15) is 14.4 Å². The van der Waals surface area contributed by atoms with Gasteiger partial charge in [0.2, 0.25) is 5.91 Å². The first kappa shape index (κ1) is 22.2. The van der Waals surface area contributed by atoms with Crippen LogP contribution in [0.4, 0.5) is 4.79 Å². The van der Waals surface area contributed by atoms with E-state index in [1.807, 2.05) is 37.3 Å². The van der Waals surface area contributed by atoms with E-state index >= 15 is 0 Å². The fraction of sp³-hybridized carbons (Fsp3) is 0.292. The van der Waals surface area contributed by atoms with Gasteiger partial charge in [0.1, 0.15) is 13.2 Å². The van der Waals surface area contributed by atoms with Gasteiger partial charge in [0, 0.05) is 12.1 Å². The van der Waals surface area contributed by atoms with Crippen LogP contribution in [0.3, 0.4) is 0 Å². The van der Waals surface area contributed by atoms with Crippen molar-refractivity contribution in [2.24, 2.45) is 0 Å². The Morgan fingerprint density at radius 3 is 2.61 bits per heavy atom. The molecule has 0 aromatic heterocycles. The summed E-state index contributed by atoms with van der Waals surface area (Å²) in [5.41, 5.74) is 3.32. The maximum Gasteiger partial charge on any atom is 0.338 e. The van der Waals surface area contributed by atoms with Gasteiger partial charge in [-0.15, -0.1) is 0 Å². The molecule has 2 aliphatic heterocycles. The average molecular weight is 451 g/mol. The molecule has 0 unspecified atom stereocenters. The summed E-state index contributed by atoms with van der Waals surface area (Å²) >= 11 is 0. The van der Waals surface area contributed by atoms with Crippen molar-refractivity contribution in [3.8, 4) is 11.5 Å².